The van der Waals surface area contributed by atoms with Crippen LogP contribution in [0.3, 0.4) is 0 Å². The number of halogens is 1. The predicted octanol–water partition coefficient (Wildman–Crippen LogP) is 2.22. The maximum Gasteiger partial charge on any atom is 0.259 e. The second-order valence-corrected chi connectivity index (χ2v) is 8.88. The molecule has 1 saturated heterocycles. The van der Waals surface area contributed by atoms with Crippen LogP contribution in [0.5, 0.6) is 5.88 Å². The molecule has 2 fully saturated rings. The van der Waals surface area contributed by atoms with Crippen molar-refractivity contribution >= 4 is 29.1 Å². The molecule has 3 aromatic heterocycles. The van der Waals surface area contributed by atoms with Gasteiger partial charge in [-0.1, -0.05) is 0 Å². The van der Waals surface area contributed by atoms with Gasteiger partial charge in [0.1, 0.15) is 23.8 Å². The van der Waals surface area contributed by atoms with Gasteiger partial charge in [-0.3, -0.25) is 9.59 Å². The van der Waals surface area contributed by atoms with Gasteiger partial charge in [-0.15, -0.1) is 5.10 Å². The molecule has 2 N–H and O–H groups in total. The van der Waals surface area contributed by atoms with Gasteiger partial charge in [-0.05, 0) is 37.8 Å². The topological polar surface area (TPSA) is 114 Å². The number of nitrogens with one attached hydrogen (secondary N) is 2. The first-order valence-electron chi connectivity index (χ1n) is 11.0. The predicted molar refractivity (Wildman–Crippen MR) is 116 cm³/mol. The summed E-state index contributed by atoms with van der Waals surface area (Å²) in [4.78, 5) is 36.2. The van der Waals surface area contributed by atoms with Crippen LogP contribution in [0.1, 0.15) is 54.6 Å². The number of hydrogen-bond donors (Lipinski definition) is 2. The number of pyridine rings is 1. The minimum Gasteiger partial charge on any atom is -0.475 e. The van der Waals surface area contributed by atoms with Crippen molar-refractivity contribution in [2.75, 3.05) is 23.4 Å². The molecule has 3 aromatic rings. The fraction of sp³-hybridized carbons (Fsp3) is 0.409. The van der Waals surface area contributed by atoms with E-state index in [4.69, 9.17) is 9.72 Å². The molecule has 2 amide bonds. The van der Waals surface area contributed by atoms with E-state index in [1.54, 1.807) is 12.3 Å². The van der Waals surface area contributed by atoms with Crippen molar-refractivity contribution in [2.24, 2.45) is 0 Å². The number of nitrogens with zero attached hydrogens (tertiary/aromatic N) is 5. The molecule has 3 aliphatic rings. The number of carbonyl (C=O) groups is 2. The first-order valence-corrected chi connectivity index (χ1v) is 11.0. The molecule has 2 aliphatic heterocycles. The quantitative estimate of drug-likeness (QED) is 0.583. The van der Waals surface area contributed by atoms with E-state index in [2.05, 4.69) is 25.6 Å². The summed E-state index contributed by atoms with van der Waals surface area (Å²) in [5, 5.41) is 10.1. The number of fused-ring (bicyclic) bond motifs is 5. The highest BCUT2D eigenvalue weighted by molar-refractivity contribution is 6.07. The summed E-state index contributed by atoms with van der Waals surface area (Å²) in [7, 11) is 0. The summed E-state index contributed by atoms with van der Waals surface area (Å²) >= 11 is 0. The summed E-state index contributed by atoms with van der Waals surface area (Å²) in [6, 6.07) is 3.10. The van der Waals surface area contributed by atoms with Gasteiger partial charge >= 0.3 is 0 Å². The van der Waals surface area contributed by atoms with Crippen molar-refractivity contribution in [2.45, 2.75) is 44.2 Å². The van der Waals surface area contributed by atoms with Gasteiger partial charge in [0, 0.05) is 25.2 Å². The van der Waals surface area contributed by atoms with E-state index in [9.17, 15) is 14.0 Å². The molecule has 10 nitrogen and oxygen atoms in total. The fourth-order valence-corrected chi connectivity index (χ4v) is 4.68. The Bertz CT molecular complexity index is 1300. The van der Waals surface area contributed by atoms with Crippen molar-refractivity contribution in [1.82, 2.24) is 24.9 Å². The normalized spacial score (nSPS) is 20.8. The number of ether oxygens (including phenoxy) is 1. The van der Waals surface area contributed by atoms with Crippen LogP contribution in [0.25, 0.3) is 5.65 Å². The van der Waals surface area contributed by atoms with Crippen molar-refractivity contribution < 1.29 is 18.7 Å². The number of aromatic nitrogens is 4. The Morgan fingerprint density at radius 3 is 3.03 bits per heavy atom. The van der Waals surface area contributed by atoms with E-state index >= 15 is 0 Å². The first kappa shape index (κ1) is 19.9. The Balaban J connectivity index is 1.55. The lowest BCUT2D eigenvalue weighted by Crippen LogP contribution is -2.41. The Labute approximate surface area is 188 Å². The molecule has 0 unspecified atom stereocenters. The van der Waals surface area contributed by atoms with Gasteiger partial charge in [0.2, 0.25) is 11.8 Å². The smallest absolute Gasteiger partial charge is 0.259 e. The Morgan fingerprint density at radius 2 is 2.24 bits per heavy atom. The highest BCUT2D eigenvalue weighted by Gasteiger charge is 2.46. The first-order chi connectivity index (χ1) is 15.9. The maximum absolute atomic E-state index is 14.2. The number of anilines is 2. The molecule has 0 radical (unpaired) electrons. The summed E-state index contributed by atoms with van der Waals surface area (Å²) in [6.45, 7) is 2.28. The standard InChI is InChI=1S/C22H22FN7O3/c1-12(31)25-18-17-19-26-16(4-8-30(19)28-18)29-7-2-3-15(29)14-9-13(23)10-24-21(14)33-11-22(5-6-22)27-20(17)32/h4,8-10,15H,2-3,5-7,11H2,1H3,(H,27,32)(H,25,28,31)/t15-/m1/s1. The van der Waals surface area contributed by atoms with E-state index < -0.39 is 11.4 Å². The van der Waals surface area contributed by atoms with Crippen LogP contribution in [0, 0.1) is 5.82 Å². The SMILES string of the molecule is CC(=O)Nc1nn2ccc3nc2c1C(=O)NC1(CC1)COc1ncc(F)cc1[C@H]1CCCN31. The van der Waals surface area contributed by atoms with Crippen LogP contribution in [0.4, 0.5) is 16.0 Å². The third-order valence-electron chi connectivity index (χ3n) is 6.46. The van der Waals surface area contributed by atoms with Crippen LogP contribution < -0.4 is 20.3 Å². The van der Waals surface area contributed by atoms with Crippen molar-refractivity contribution in [3.63, 3.8) is 0 Å². The molecule has 1 saturated carbocycles. The van der Waals surface area contributed by atoms with Gasteiger partial charge in [0.05, 0.1) is 17.8 Å². The molecular formula is C22H22FN7O3. The van der Waals surface area contributed by atoms with Gasteiger partial charge in [0.15, 0.2) is 11.5 Å². The van der Waals surface area contributed by atoms with E-state index in [0.717, 1.165) is 31.9 Å². The molecule has 1 spiro atoms. The number of hydrogen-bond acceptors (Lipinski definition) is 7. The molecule has 11 heteroatoms. The zero-order valence-electron chi connectivity index (χ0n) is 18.0. The van der Waals surface area contributed by atoms with Crippen LogP contribution in [-0.4, -0.2) is 50.1 Å². The fourth-order valence-electron chi connectivity index (χ4n) is 4.68. The van der Waals surface area contributed by atoms with Crippen LogP contribution in [0.15, 0.2) is 24.5 Å². The zero-order valence-corrected chi connectivity index (χ0v) is 18.0. The van der Waals surface area contributed by atoms with Crippen molar-refractivity contribution in [1.29, 1.82) is 0 Å². The van der Waals surface area contributed by atoms with Gasteiger partial charge < -0.3 is 20.3 Å². The lowest BCUT2D eigenvalue weighted by molar-refractivity contribution is -0.114. The third-order valence-corrected chi connectivity index (χ3v) is 6.46. The van der Waals surface area contributed by atoms with E-state index in [1.807, 2.05) is 0 Å². The lowest BCUT2D eigenvalue weighted by atomic mass is 10.1. The molecule has 33 heavy (non-hydrogen) atoms. The Hall–Kier alpha value is -3.76. The average Bonchev–Trinajstić information content (AvgIpc) is 3.20. The van der Waals surface area contributed by atoms with Gasteiger partial charge in [-0.25, -0.2) is 18.9 Å². The molecular weight excluding hydrogens is 429 g/mol. The summed E-state index contributed by atoms with van der Waals surface area (Å²) in [5.41, 5.74) is 0.652. The van der Waals surface area contributed by atoms with Crippen molar-refractivity contribution in [3.8, 4) is 5.88 Å². The second-order valence-electron chi connectivity index (χ2n) is 8.88. The number of carbonyl (C=O) groups excluding carboxylic acids is 2. The molecule has 1 aliphatic carbocycles. The maximum atomic E-state index is 14.2. The number of amides is 2. The number of rotatable bonds is 1. The second kappa shape index (κ2) is 7.12. The van der Waals surface area contributed by atoms with Gasteiger partial charge in [-0.2, -0.15) is 0 Å². The van der Waals surface area contributed by atoms with E-state index in [1.165, 1.54) is 17.5 Å². The van der Waals surface area contributed by atoms with Crippen LogP contribution >= 0.6 is 0 Å². The minimum atomic E-state index is -0.562. The lowest BCUT2D eigenvalue weighted by Gasteiger charge is -2.27. The average molecular weight is 451 g/mol. The van der Waals surface area contributed by atoms with Crippen LogP contribution in [0.2, 0.25) is 0 Å². The Morgan fingerprint density at radius 1 is 1.39 bits per heavy atom. The van der Waals surface area contributed by atoms with E-state index in [0.29, 0.717) is 29.5 Å². The van der Waals surface area contributed by atoms with Gasteiger partial charge in [0.25, 0.3) is 5.91 Å². The third kappa shape index (κ3) is 3.35. The largest absolute Gasteiger partial charge is 0.475 e. The minimum absolute atomic E-state index is 0.154. The molecule has 6 rings (SSSR count). The van der Waals surface area contributed by atoms with Crippen molar-refractivity contribution in [3.05, 3.63) is 41.5 Å². The molecule has 0 aromatic carbocycles. The Kier molecular flexibility index (Phi) is 4.29. The molecule has 2 bridgehead atoms. The summed E-state index contributed by atoms with van der Waals surface area (Å²) < 4.78 is 21.8. The monoisotopic (exact) mass is 451 g/mol. The zero-order chi connectivity index (χ0) is 22.7. The molecule has 5 heterocycles. The highest BCUT2D eigenvalue weighted by Crippen LogP contribution is 2.42. The molecule has 170 valence electrons. The van der Waals surface area contributed by atoms with Crippen LogP contribution in [-0.2, 0) is 4.79 Å². The molecule has 1 atom stereocenters. The van der Waals surface area contributed by atoms with E-state index in [-0.39, 0.29) is 35.8 Å². The summed E-state index contributed by atoms with van der Waals surface area (Å²) in [5.74, 6) is 0.00728. The summed E-state index contributed by atoms with van der Waals surface area (Å²) in [6.07, 6.45) is 6.01. The highest BCUT2D eigenvalue weighted by atomic mass is 19.1.